The molecule has 0 aromatic heterocycles. The second kappa shape index (κ2) is 4.62. The van der Waals surface area contributed by atoms with Gasteiger partial charge in [0.25, 0.3) is 0 Å². The van der Waals surface area contributed by atoms with Gasteiger partial charge in [0, 0.05) is 34.9 Å². The van der Waals surface area contributed by atoms with Gasteiger partial charge < -0.3 is 0 Å². The average molecular weight is 268 g/mol. The third-order valence-electron chi connectivity index (χ3n) is 2.45. The minimum atomic E-state index is 0.683. The average Bonchev–Trinajstić information content (AvgIpc) is 1.82. The molecule has 0 aliphatic heterocycles. The summed E-state index contributed by atoms with van der Waals surface area (Å²) in [6.45, 7) is 5.57. The lowest BCUT2D eigenvalue weighted by molar-refractivity contribution is 0.0949. The van der Waals surface area contributed by atoms with Gasteiger partial charge in [-0.1, -0.05) is 6.42 Å². The minimum Gasteiger partial charge on any atom is -0.285 e. The smallest absolute Gasteiger partial charge is 0.0575 e. The van der Waals surface area contributed by atoms with Gasteiger partial charge in [-0.25, -0.2) is 3.53 Å². The van der Waals surface area contributed by atoms with E-state index in [0.29, 0.717) is 6.04 Å². The summed E-state index contributed by atoms with van der Waals surface area (Å²) >= 11 is 2.22. The predicted octanol–water partition coefficient (Wildman–Crippen LogP) is 2.15. The molecule has 66 valence electrons. The van der Waals surface area contributed by atoms with E-state index in [4.69, 9.17) is 0 Å². The van der Waals surface area contributed by atoms with Crippen molar-refractivity contribution in [1.82, 2.24) is 8.43 Å². The van der Waals surface area contributed by atoms with Crippen molar-refractivity contribution in [2.24, 2.45) is 0 Å². The predicted molar refractivity (Wildman–Crippen MR) is 56.6 cm³/mol. The SMILES string of the molecule is CC(C)N(CNI)C1CCC1. The van der Waals surface area contributed by atoms with Crippen LogP contribution in [0.2, 0.25) is 0 Å². The molecule has 2 nitrogen and oxygen atoms in total. The topological polar surface area (TPSA) is 15.3 Å². The van der Waals surface area contributed by atoms with Crippen molar-refractivity contribution in [3.8, 4) is 0 Å². The van der Waals surface area contributed by atoms with Crippen molar-refractivity contribution < 1.29 is 0 Å². The Labute approximate surface area is 83.2 Å². The van der Waals surface area contributed by atoms with Crippen molar-refractivity contribution in [3.63, 3.8) is 0 Å². The van der Waals surface area contributed by atoms with E-state index in [0.717, 1.165) is 12.7 Å². The van der Waals surface area contributed by atoms with Gasteiger partial charge >= 0.3 is 0 Å². The molecule has 0 amide bonds. The zero-order valence-electron chi connectivity index (χ0n) is 7.31. The van der Waals surface area contributed by atoms with Crippen LogP contribution < -0.4 is 3.53 Å². The highest BCUT2D eigenvalue weighted by atomic mass is 127. The molecule has 1 aliphatic carbocycles. The Balaban J connectivity index is 2.31. The highest BCUT2D eigenvalue weighted by Gasteiger charge is 2.25. The maximum Gasteiger partial charge on any atom is 0.0575 e. The molecule has 1 aliphatic rings. The maximum atomic E-state index is 3.19. The number of hydrogen-bond acceptors (Lipinski definition) is 2. The summed E-state index contributed by atoms with van der Waals surface area (Å²) in [4.78, 5) is 2.54. The number of halogens is 1. The molecule has 1 fully saturated rings. The Morgan fingerprint density at radius 2 is 2.18 bits per heavy atom. The van der Waals surface area contributed by atoms with E-state index in [1.54, 1.807) is 0 Å². The van der Waals surface area contributed by atoms with E-state index in [1.165, 1.54) is 19.3 Å². The Kier molecular flexibility index (Phi) is 4.09. The van der Waals surface area contributed by atoms with Gasteiger partial charge in [-0.05, 0) is 26.7 Å². The number of nitrogens with zero attached hydrogens (tertiary/aromatic N) is 1. The quantitative estimate of drug-likeness (QED) is 0.477. The molecule has 1 N–H and O–H groups in total. The van der Waals surface area contributed by atoms with E-state index in [2.05, 4.69) is 45.1 Å². The largest absolute Gasteiger partial charge is 0.285 e. The monoisotopic (exact) mass is 268 g/mol. The van der Waals surface area contributed by atoms with E-state index < -0.39 is 0 Å². The molecule has 0 radical (unpaired) electrons. The van der Waals surface area contributed by atoms with Crippen LogP contribution in [-0.2, 0) is 0 Å². The highest BCUT2D eigenvalue weighted by Crippen LogP contribution is 2.25. The second-order valence-electron chi connectivity index (χ2n) is 3.48. The van der Waals surface area contributed by atoms with Gasteiger partial charge in [0.1, 0.15) is 0 Å². The standard InChI is InChI=1S/C8H17IN2/c1-7(2)11(6-10-9)8-4-3-5-8/h7-8,10H,3-6H2,1-2H3. The third kappa shape index (κ3) is 2.56. The van der Waals surface area contributed by atoms with Crippen molar-refractivity contribution in [1.29, 1.82) is 0 Å². The number of hydrogen-bond donors (Lipinski definition) is 1. The fourth-order valence-corrected chi connectivity index (χ4v) is 1.91. The fraction of sp³-hybridized carbons (Fsp3) is 1.00. The number of rotatable bonds is 4. The highest BCUT2D eigenvalue weighted by molar-refractivity contribution is 14.1. The molecule has 1 saturated carbocycles. The lowest BCUT2D eigenvalue weighted by Crippen LogP contribution is -2.47. The molecular weight excluding hydrogens is 251 g/mol. The molecule has 1 rings (SSSR count). The van der Waals surface area contributed by atoms with Gasteiger partial charge in [-0.3, -0.25) is 4.90 Å². The summed E-state index contributed by atoms with van der Waals surface area (Å²) in [5.74, 6) is 0. The first kappa shape index (κ1) is 9.74. The van der Waals surface area contributed by atoms with Gasteiger partial charge in [-0.15, -0.1) is 0 Å². The molecule has 0 atom stereocenters. The summed E-state index contributed by atoms with van der Waals surface area (Å²) in [7, 11) is 0. The molecule has 11 heavy (non-hydrogen) atoms. The normalized spacial score (nSPS) is 19.4. The van der Waals surface area contributed by atoms with Gasteiger partial charge in [0.2, 0.25) is 0 Å². The first-order valence-electron chi connectivity index (χ1n) is 4.35. The van der Waals surface area contributed by atoms with Crippen molar-refractivity contribution >= 4 is 22.9 Å². The van der Waals surface area contributed by atoms with Crippen molar-refractivity contribution in [3.05, 3.63) is 0 Å². The molecule has 0 spiro atoms. The zero-order chi connectivity index (χ0) is 8.27. The molecule has 0 bridgehead atoms. The Hall–Kier alpha value is 0.650. The molecule has 0 aromatic carbocycles. The van der Waals surface area contributed by atoms with E-state index in [9.17, 15) is 0 Å². The van der Waals surface area contributed by atoms with Gasteiger partial charge in [0.05, 0.1) is 6.67 Å². The van der Waals surface area contributed by atoms with Crippen LogP contribution >= 0.6 is 22.9 Å². The summed E-state index contributed by atoms with van der Waals surface area (Å²) in [5, 5.41) is 0. The summed E-state index contributed by atoms with van der Waals surface area (Å²) in [6.07, 6.45) is 4.22. The Morgan fingerprint density at radius 3 is 2.45 bits per heavy atom. The third-order valence-corrected chi connectivity index (χ3v) is 2.79. The maximum absolute atomic E-state index is 3.19. The molecule has 0 aromatic rings. The molecule has 0 heterocycles. The lowest BCUT2D eigenvalue weighted by Gasteiger charge is -2.39. The molecular formula is C8H17IN2. The Morgan fingerprint density at radius 1 is 1.55 bits per heavy atom. The van der Waals surface area contributed by atoms with Crippen molar-refractivity contribution in [2.45, 2.75) is 45.2 Å². The second-order valence-corrected chi connectivity index (χ2v) is 4.25. The van der Waals surface area contributed by atoms with Crippen LogP contribution in [0.4, 0.5) is 0 Å². The lowest BCUT2D eigenvalue weighted by atomic mass is 9.91. The van der Waals surface area contributed by atoms with Crippen LogP contribution in [0.1, 0.15) is 33.1 Å². The van der Waals surface area contributed by atoms with E-state index >= 15 is 0 Å². The van der Waals surface area contributed by atoms with Crippen molar-refractivity contribution in [2.75, 3.05) is 6.67 Å². The van der Waals surface area contributed by atoms with Gasteiger partial charge in [0.15, 0.2) is 0 Å². The van der Waals surface area contributed by atoms with E-state index in [-0.39, 0.29) is 0 Å². The summed E-state index contributed by atoms with van der Waals surface area (Å²) in [6, 6.07) is 1.54. The molecule has 0 unspecified atom stereocenters. The first-order valence-corrected chi connectivity index (χ1v) is 5.43. The summed E-state index contributed by atoms with van der Waals surface area (Å²) in [5.41, 5.74) is 0. The van der Waals surface area contributed by atoms with Crippen LogP contribution in [0.5, 0.6) is 0 Å². The molecule has 0 saturated heterocycles. The minimum absolute atomic E-state index is 0.683. The van der Waals surface area contributed by atoms with Crippen LogP contribution in [0, 0.1) is 0 Å². The van der Waals surface area contributed by atoms with Crippen LogP contribution in [0.25, 0.3) is 0 Å². The van der Waals surface area contributed by atoms with Crippen LogP contribution in [-0.4, -0.2) is 23.7 Å². The number of nitrogens with one attached hydrogen (secondary N) is 1. The summed E-state index contributed by atoms with van der Waals surface area (Å²) < 4.78 is 3.19. The van der Waals surface area contributed by atoms with Crippen LogP contribution in [0.3, 0.4) is 0 Å². The first-order chi connectivity index (χ1) is 5.25. The zero-order valence-corrected chi connectivity index (χ0v) is 9.47. The van der Waals surface area contributed by atoms with Crippen LogP contribution in [0.15, 0.2) is 0 Å². The van der Waals surface area contributed by atoms with E-state index in [1.807, 2.05) is 0 Å². The van der Waals surface area contributed by atoms with Gasteiger partial charge in [-0.2, -0.15) is 0 Å². The Bertz CT molecular complexity index is 113. The molecule has 3 heteroatoms. The fourth-order valence-electron chi connectivity index (χ4n) is 1.52.